The van der Waals surface area contributed by atoms with Crippen molar-refractivity contribution < 1.29 is 18.7 Å². The van der Waals surface area contributed by atoms with E-state index in [1.165, 1.54) is 12.1 Å². The summed E-state index contributed by atoms with van der Waals surface area (Å²) in [5, 5.41) is 0.613. The molecule has 1 fully saturated rings. The number of piperazine rings is 1. The summed E-state index contributed by atoms with van der Waals surface area (Å²) < 4.78 is 18.9. The van der Waals surface area contributed by atoms with Gasteiger partial charge in [-0.1, -0.05) is 23.7 Å². The van der Waals surface area contributed by atoms with Crippen molar-refractivity contribution in [2.45, 2.75) is 25.6 Å². The van der Waals surface area contributed by atoms with E-state index in [0.29, 0.717) is 29.6 Å². The van der Waals surface area contributed by atoms with Crippen LogP contribution in [0.3, 0.4) is 0 Å². The van der Waals surface area contributed by atoms with Gasteiger partial charge in [-0.3, -0.25) is 4.90 Å². The topological polar surface area (TPSA) is 49.9 Å². The quantitative estimate of drug-likeness (QED) is 0.548. The highest BCUT2D eigenvalue weighted by atomic mass is 35.5. The molecule has 0 aliphatic carbocycles. The van der Waals surface area contributed by atoms with Crippen LogP contribution in [0.4, 0.5) is 4.39 Å². The Morgan fingerprint density at radius 2 is 1.89 bits per heavy atom. The fourth-order valence-corrected chi connectivity index (χ4v) is 3.32. The Morgan fingerprint density at radius 1 is 1.21 bits per heavy atom. The number of carbonyl (C=O) groups is 1. The molecular formula is C21H20ClFN2O3. The van der Waals surface area contributed by atoms with E-state index < -0.39 is 6.04 Å². The maximum absolute atomic E-state index is 13.1. The molecule has 0 radical (unpaired) electrons. The van der Waals surface area contributed by atoms with Crippen molar-refractivity contribution in [1.82, 2.24) is 9.80 Å². The molecule has 146 valence electrons. The second-order valence-corrected chi connectivity index (χ2v) is 7.06. The summed E-state index contributed by atoms with van der Waals surface area (Å²) in [5.41, 5.74) is 1.17. The number of aldehydes is 1. The van der Waals surface area contributed by atoms with Crippen LogP contribution in [0.5, 0.6) is 5.75 Å². The lowest BCUT2D eigenvalue weighted by Gasteiger charge is -2.44. The molecular weight excluding hydrogens is 383 g/mol. The van der Waals surface area contributed by atoms with Gasteiger partial charge < -0.3 is 14.4 Å². The molecule has 0 amide bonds. The molecule has 0 spiro atoms. The summed E-state index contributed by atoms with van der Waals surface area (Å²) in [6, 6.07) is 12.1. The number of ether oxygens (including phenoxy) is 1. The lowest BCUT2D eigenvalue weighted by molar-refractivity contribution is -0.114. The van der Waals surface area contributed by atoms with Crippen molar-refractivity contribution in [3.63, 3.8) is 0 Å². The van der Waals surface area contributed by atoms with Crippen LogP contribution >= 0.6 is 11.6 Å². The third-order valence-corrected chi connectivity index (χ3v) is 5.07. The standard InChI is InChI=1S/C21H20ClFN2O3/c1-15-21(13-27)25(10-16-2-6-18(23)7-3-16)19(12-26)11-24(15)14-28-20-8-4-17(22)5-9-20/h2-9,12,15,19H,10-11,14H2,1H3/t15-,19+/m1/s1. The predicted octanol–water partition coefficient (Wildman–Crippen LogP) is 3.30. The molecule has 3 rings (SSSR count). The summed E-state index contributed by atoms with van der Waals surface area (Å²) in [7, 11) is 0. The molecule has 0 bridgehead atoms. The van der Waals surface area contributed by atoms with E-state index >= 15 is 0 Å². The summed E-state index contributed by atoms with van der Waals surface area (Å²) in [5.74, 6) is 2.29. The van der Waals surface area contributed by atoms with Gasteiger partial charge in [0, 0.05) is 18.1 Å². The van der Waals surface area contributed by atoms with Crippen LogP contribution < -0.4 is 4.74 Å². The van der Waals surface area contributed by atoms with Crippen molar-refractivity contribution >= 4 is 23.8 Å². The first-order chi connectivity index (χ1) is 13.5. The molecule has 0 unspecified atom stereocenters. The summed E-state index contributed by atoms with van der Waals surface area (Å²) >= 11 is 5.87. The molecule has 2 atom stereocenters. The number of benzene rings is 2. The smallest absolute Gasteiger partial charge is 0.147 e. The van der Waals surface area contributed by atoms with Crippen molar-refractivity contribution in [3.8, 4) is 5.75 Å². The van der Waals surface area contributed by atoms with E-state index in [0.717, 1.165) is 11.8 Å². The third-order valence-electron chi connectivity index (χ3n) is 4.81. The molecule has 1 aliphatic heterocycles. The van der Waals surface area contributed by atoms with Crippen LogP contribution in [0, 0.1) is 5.82 Å². The van der Waals surface area contributed by atoms with Crippen molar-refractivity contribution in [2.24, 2.45) is 0 Å². The van der Waals surface area contributed by atoms with Crippen molar-refractivity contribution in [2.75, 3.05) is 13.3 Å². The Labute approximate surface area is 168 Å². The molecule has 1 aliphatic rings. The summed E-state index contributed by atoms with van der Waals surface area (Å²) in [4.78, 5) is 27.0. The molecule has 2 aromatic carbocycles. The Kier molecular flexibility index (Phi) is 6.47. The number of rotatable bonds is 6. The van der Waals surface area contributed by atoms with Crippen LogP contribution in [0.25, 0.3) is 0 Å². The highest BCUT2D eigenvalue weighted by Crippen LogP contribution is 2.25. The monoisotopic (exact) mass is 402 g/mol. The van der Waals surface area contributed by atoms with E-state index in [9.17, 15) is 14.0 Å². The van der Waals surface area contributed by atoms with Crippen molar-refractivity contribution in [3.05, 3.63) is 70.6 Å². The molecule has 0 aromatic heterocycles. The summed E-state index contributed by atoms with van der Waals surface area (Å²) in [6.45, 7) is 2.79. The Bertz CT molecular complexity index is 866. The van der Waals surface area contributed by atoms with E-state index in [1.807, 2.05) is 17.8 Å². The Morgan fingerprint density at radius 3 is 2.50 bits per heavy atom. The van der Waals surface area contributed by atoms with Crippen LogP contribution in [0.15, 0.2) is 54.2 Å². The largest absolute Gasteiger partial charge is 0.478 e. The van der Waals surface area contributed by atoms with E-state index in [1.54, 1.807) is 41.3 Å². The Balaban J connectivity index is 1.73. The van der Waals surface area contributed by atoms with Gasteiger partial charge in [0.25, 0.3) is 0 Å². The van der Waals surface area contributed by atoms with Gasteiger partial charge >= 0.3 is 0 Å². The molecule has 1 heterocycles. The highest BCUT2D eigenvalue weighted by Gasteiger charge is 2.36. The van der Waals surface area contributed by atoms with Crippen LogP contribution in [0.1, 0.15) is 12.5 Å². The first-order valence-electron chi connectivity index (χ1n) is 8.85. The maximum atomic E-state index is 13.1. The SMILES string of the molecule is C[C@@H]1C(=C=O)N(Cc2ccc(F)cc2)[C@H](C=O)CN1COc1ccc(Cl)cc1. The first kappa shape index (κ1) is 20.1. The average molecular weight is 403 g/mol. The number of carbonyl (C=O) groups excluding carboxylic acids is 2. The molecule has 5 nitrogen and oxygen atoms in total. The van der Waals surface area contributed by atoms with Gasteiger partial charge in [-0.15, -0.1) is 0 Å². The minimum Gasteiger partial charge on any atom is -0.478 e. The van der Waals surface area contributed by atoms with Gasteiger partial charge in [0.05, 0.1) is 12.1 Å². The van der Waals surface area contributed by atoms with Gasteiger partial charge in [-0.2, -0.15) is 0 Å². The van der Waals surface area contributed by atoms with Gasteiger partial charge in [-0.05, 0) is 48.9 Å². The zero-order valence-electron chi connectivity index (χ0n) is 15.3. The molecule has 7 heteroatoms. The van der Waals surface area contributed by atoms with Gasteiger partial charge in [0.2, 0.25) is 0 Å². The molecule has 0 N–H and O–H groups in total. The fraction of sp³-hybridized carbons (Fsp3) is 0.286. The molecule has 2 aromatic rings. The first-order valence-corrected chi connectivity index (χ1v) is 9.23. The minimum absolute atomic E-state index is 0.211. The number of nitrogens with zero attached hydrogens (tertiary/aromatic N) is 2. The van der Waals surface area contributed by atoms with Crippen LogP contribution in [-0.2, 0) is 16.1 Å². The van der Waals surface area contributed by atoms with Crippen LogP contribution in [0.2, 0.25) is 5.02 Å². The predicted molar refractivity (Wildman–Crippen MR) is 104 cm³/mol. The highest BCUT2D eigenvalue weighted by molar-refractivity contribution is 6.30. The van der Waals surface area contributed by atoms with Gasteiger partial charge in [0.1, 0.15) is 36.2 Å². The third kappa shape index (κ3) is 4.60. The zero-order valence-corrected chi connectivity index (χ0v) is 16.1. The molecule has 28 heavy (non-hydrogen) atoms. The van der Waals surface area contributed by atoms with Crippen molar-refractivity contribution in [1.29, 1.82) is 0 Å². The second-order valence-electron chi connectivity index (χ2n) is 6.62. The Hall–Kier alpha value is -2.66. The molecule has 0 saturated carbocycles. The normalized spacial score (nSPS) is 20.0. The van der Waals surface area contributed by atoms with Crippen LogP contribution in [-0.4, -0.2) is 47.4 Å². The maximum Gasteiger partial charge on any atom is 0.147 e. The summed E-state index contributed by atoms with van der Waals surface area (Å²) in [6.07, 6.45) is 0.808. The molecule has 1 saturated heterocycles. The van der Waals surface area contributed by atoms with E-state index in [-0.39, 0.29) is 18.6 Å². The number of halogens is 2. The lowest BCUT2D eigenvalue weighted by atomic mass is 10.0. The van der Waals surface area contributed by atoms with Gasteiger partial charge in [0.15, 0.2) is 0 Å². The second kappa shape index (κ2) is 9.02. The lowest BCUT2D eigenvalue weighted by Crippen LogP contribution is -2.57. The average Bonchev–Trinajstić information content (AvgIpc) is 2.70. The van der Waals surface area contributed by atoms with Gasteiger partial charge in [-0.25, -0.2) is 9.18 Å². The number of hydrogen-bond acceptors (Lipinski definition) is 5. The fourth-order valence-electron chi connectivity index (χ4n) is 3.19. The van der Waals surface area contributed by atoms with E-state index in [2.05, 4.69) is 0 Å². The number of hydrogen-bond donors (Lipinski definition) is 0. The minimum atomic E-state index is -0.536. The zero-order chi connectivity index (χ0) is 20.1. The van der Waals surface area contributed by atoms with E-state index in [4.69, 9.17) is 16.3 Å².